The zero-order chi connectivity index (χ0) is 19.3. The first-order valence-electron chi connectivity index (χ1n) is 7.27. The standard InChI is InChI=1S/C18H14BrNO5S/c1-12(21)25-18-16(19)9-13(10-17(18)24-2)8-15(11-20)26(22,23)14-6-4-3-5-7-14/h3-10H,1-2H3/b15-8-. The largest absolute Gasteiger partial charge is 0.493 e. The second-order valence-corrected chi connectivity index (χ2v) is 7.84. The number of hydrogen-bond acceptors (Lipinski definition) is 6. The molecule has 0 fully saturated rings. The van der Waals surface area contributed by atoms with Gasteiger partial charge in [0, 0.05) is 6.92 Å². The monoisotopic (exact) mass is 435 g/mol. The van der Waals surface area contributed by atoms with Gasteiger partial charge in [0.05, 0.1) is 16.5 Å². The molecule has 2 aromatic carbocycles. The van der Waals surface area contributed by atoms with Crippen molar-refractivity contribution in [3.05, 3.63) is 57.4 Å². The van der Waals surface area contributed by atoms with Crippen LogP contribution in [0, 0.1) is 11.3 Å². The highest BCUT2D eigenvalue weighted by atomic mass is 79.9. The fraction of sp³-hybridized carbons (Fsp3) is 0.111. The van der Waals surface area contributed by atoms with E-state index < -0.39 is 20.7 Å². The van der Waals surface area contributed by atoms with Gasteiger partial charge < -0.3 is 9.47 Å². The molecule has 0 heterocycles. The second-order valence-electron chi connectivity index (χ2n) is 5.06. The Morgan fingerprint density at radius 3 is 2.42 bits per heavy atom. The number of hydrogen-bond donors (Lipinski definition) is 0. The van der Waals surface area contributed by atoms with E-state index in [0.29, 0.717) is 10.0 Å². The van der Waals surface area contributed by atoms with E-state index in [0.717, 1.165) is 0 Å². The minimum Gasteiger partial charge on any atom is -0.493 e. The van der Waals surface area contributed by atoms with E-state index in [1.54, 1.807) is 24.3 Å². The predicted octanol–water partition coefficient (Wildman–Crippen LogP) is 3.72. The lowest BCUT2D eigenvalue weighted by Gasteiger charge is -2.11. The molecule has 0 N–H and O–H groups in total. The van der Waals surface area contributed by atoms with Crippen molar-refractivity contribution in [1.29, 1.82) is 5.26 Å². The van der Waals surface area contributed by atoms with Crippen LogP contribution in [0.25, 0.3) is 6.08 Å². The van der Waals surface area contributed by atoms with Gasteiger partial charge in [0.15, 0.2) is 11.5 Å². The SMILES string of the molecule is COc1cc(/C=C(/C#N)S(=O)(=O)c2ccccc2)cc(Br)c1OC(C)=O. The molecule has 26 heavy (non-hydrogen) atoms. The molecule has 0 saturated carbocycles. The van der Waals surface area contributed by atoms with Crippen molar-refractivity contribution in [3.63, 3.8) is 0 Å². The van der Waals surface area contributed by atoms with Crippen LogP contribution in [0.15, 0.2) is 56.7 Å². The van der Waals surface area contributed by atoms with Gasteiger partial charge in [0.1, 0.15) is 11.0 Å². The zero-order valence-electron chi connectivity index (χ0n) is 13.9. The zero-order valence-corrected chi connectivity index (χ0v) is 16.3. The predicted molar refractivity (Wildman–Crippen MR) is 99.2 cm³/mol. The Hall–Kier alpha value is -2.63. The molecule has 0 aromatic heterocycles. The van der Waals surface area contributed by atoms with Crippen LogP contribution >= 0.6 is 15.9 Å². The number of rotatable bonds is 5. The van der Waals surface area contributed by atoms with Gasteiger partial charge >= 0.3 is 5.97 Å². The molecule has 0 saturated heterocycles. The summed E-state index contributed by atoms with van der Waals surface area (Å²) in [6, 6.07) is 12.4. The lowest BCUT2D eigenvalue weighted by Crippen LogP contribution is -2.05. The van der Waals surface area contributed by atoms with Crippen molar-refractivity contribution in [2.75, 3.05) is 7.11 Å². The second kappa shape index (κ2) is 8.17. The van der Waals surface area contributed by atoms with Gasteiger partial charge in [-0.1, -0.05) is 18.2 Å². The van der Waals surface area contributed by atoms with Crippen LogP contribution in [0.2, 0.25) is 0 Å². The molecule has 0 unspecified atom stereocenters. The van der Waals surface area contributed by atoms with Crippen molar-refractivity contribution in [2.24, 2.45) is 0 Å². The number of nitrogens with zero attached hydrogens (tertiary/aromatic N) is 1. The number of halogens is 1. The molecule has 134 valence electrons. The molecular formula is C18H14BrNO5S. The molecule has 6 nitrogen and oxygen atoms in total. The summed E-state index contributed by atoms with van der Waals surface area (Å²) in [5.41, 5.74) is 0.390. The van der Waals surface area contributed by atoms with Gasteiger partial charge in [-0.25, -0.2) is 8.42 Å². The van der Waals surface area contributed by atoms with Crippen LogP contribution in [0.4, 0.5) is 0 Å². The quantitative estimate of drug-likeness (QED) is 0.403. The third-order valence-electron chi connectivity index (χ3n) is 3.25. The lowest BCUT2D eigenvalue weighted by molar-refractivity contribution is -0.132. The summed E-state index contributed by atoms with van der Waals surface area (Å²) in [7, 11) is -2.57. The Morgan fingerprint density at radius 1 is 1.23 bits per heavy atom. The summed E-state index contributed by atoms with van der Waals surface area (Å²) >= 11 is 3.26. The number of allylic oxidation sites excluding steroid dienone is 1. The van der Waals surface area contributed by atoms with Gasteiger partial charge in [0.2, 0.25) is 9.84 Å². The lowest BCUT2D eigenvalue weighted by atomic mass is 10.2. The first-order valence-corrected chi connectivity index (χ1v) is 9.55. The molecule has 2 aromatic rings. The number of carbonyl (C=O) groups excluding carboxylic acids is 1. The highest BCUT2D eigenvalue weighted by Gasteiger charge is 2.21. The number of nitriles is 1. The maximum Gasteiger partial charge on any atom is 0.308 e. The number of esters is 1. The van der Waals surface area contributed by atoms with Crippen molar-refractivity contribution >= 4 is 37.8 Å². The molecule has 2 rings (SSSR count). The maximum absolute atomic E-state index is 12.6. The summed E-state index contributed by atoms with van der Waals surface area (Å²) < 4.78 is 35.9. The van der Waals surface area contributed by atoms with Crippen LogP contribution in [0.5, 0.6) is 11.5 Å². The Morgan fingerprint density at radius 2 is 1.88 bits per heavy atom. The fourth-order valence-corrected chi connectivity index (χ4v) is 3.84. The molecular weight excluding hydrogens is 422 g/mol. The van der Waals surface area contributed by atoms with E-state index in [1.807, 2.05) is 0 Å². The molecule has 0 bridgehead atoms. The van der Waals surface area contributed by atoms with E-state index in [4.69, 9.17) is 9.47 Å². The van der Waals surface area contributed by atoms with Gasteiger partial charge in [-0.15, -0.1) is 0 Å². The summed E-state index contributed by atoms with van der Waals surface area (Å²) in [6.07, 6.45) is 1.23. The fourth-order valence-electron chi connectivity index (χ4n) is 2.11. The van der Waals surface area contributed by atoms with Crippen LogP contribution < -0.4 is 9.47 Å². The summed E-state index contributed by atoms with van der Waals surface area (Å²) in [6.45, 7) is 1.25. The van der Waals surface area contributed by atoms with E-state index in [1.165, 1.54) is 44.4 Å². The van der Waals surface area contributed by atoms with Crippen molar-refractivity contribution in [1.82, 2.24) is 0 Å². The first-order chi connectivity index (χ1) is 12.3. The van der Waals surface area contributed by atoms with Gasteiger partial charge in [0.25, 0.3) is 0 Å². The average molecular weight is 436 g/mol. The molecule has 0 spiro atoms. The Labute approximate surface area is 159 Å². The molecule has 0 aliphatic rings. The highest BCUT2D eigenvalue weighted by molar-refractivity contribution is 9.10. The highest BCUT2D eigenvalue weighted by Crippen LogP contribution is 2.37. The van der Waals surface area contributed by atoms with E-state index >= 15 is 0 Å². The van der Waals surface area contributed by atoms with Gasteiger partial charge in [-0.2, -0.15) is 5.26 Å². The van der Waals surface area contributed by atoms with E-state index in [9.17, 15) is 18.5 Å². The first kappa shape index (κ1) is 19.7. The number of benzene rings is 2. The van der Waals surface area contributed by atoms with Crippen LogP contribution in [-0.2, 0) is 14.6 Å². The molecule has 0 aliphatic heterocycles. The summed E-state index contributed by atoms with van der Waals surface area (Å²) in [4.78, 5) is 10.8. The third-order valence-corrected chi connectivity index (χ3v) is 5.52. The molecule has 0 aliphatic carbocycles. The number of methoxy groups -OCH3 is 1. The number of ether oxygens (including phenoxy) is 2. The molecule has 8 heteroatoms. The summed E-state index contributed by atoms with van der Waals surface area (Å²) in [5.74, 6) is -0.145. The normalized spacial score (nSPS) is 11.5. The topological polar surface area (TPSA) is 93.5 Å². The smallest absolute Gasteiger partial charge is 0.308 e. The number of sulfone groups is 1. The molecule has 0 atom stereocenters. The van der Waals surface area contributed by atoms with Gasteiger partial charge in [-0.3, -0.25) is 4.79 Å². The Kier molecular flexibility index (Phi) is 6.18. The average Bonchev–Trinajstić information content (AvgIpc) is 2.61. The van der Waals surface area contributed by atoms with Crippen LogP contribution in [0.3, 0.4) is 0 Å². The van der Waals surface area contributed by atoms with E-state index in [-0.39, 0.29) is 16.4 Å². The van der Waals surface area contributed by atoms with Crippen LogP contribution in [0.1, 0.15) is 12.5 Å². The van der Waals surface area contributed by atoms with E-state index in [2.05, 4.69) is 15.9 Å². The van der Waals surface area contributed by atoms with Gasteiger partial charge in [-0.05, 0) is 51.8 Å². The Balaban J connectivity index is 2.55. The molecule has 0 radical (unpaired) electrons. The van der Waals surface area contributed by atoms with Crippen LogP contribution in [-0.4, -0.2) is 21.5 Å². The van der Waals surface area contributed by atoms with Crippen molar-refractivity contribution in [2.45, 2.75) is 11.8 Å². The minimum atomic E-state index is -3.95. The maximum atomic E-state index is 12.6. The Bertz CT molecular complexity index is 1010. The summed E-state index contributed by atoms with van der Waals surface area (Å²) in [5, 5.41) is 9.34. The van der Waals surface area contributed by atoms with Crippen molar-refractivity contribution in [3.8, 4) is 17.6 Å². The van der Waals surface area contributed by atoms with Crippen molar-refractivity contribution < 1.29 is 22.7 Å². The molecule has 0 amide bonds. The minimum absolute atomic E-state index is 0.0235. The number of carbonyl (C=O) groups is 1. The third kappa shape index (κ3) is 4.31.